The summed E-state index contributed by atoms with van der Waals surface area (Å²) in [4.78, 5) is 21.5. The summed E-state index contributed by atoms with van der Waals surface area (Å²) in [5.41, 5.74) is 0.856. The van der Waals surface area contributed by atoms with Crippen molar-refractivity contribution in [1.29, 1.82) is 0 Å². The molecule has 1 aliphatic heterocycles. The Morgan fingerprint density at radius 3 is 2.18 bits per heavy atom. The molecule has 28 heavy (non-hydrogen) atoms. The molecule has 1 aliphatic rings. The van der Waals surface area contributed by atoms with E-state index in [0.717, 1.165) is 44.1 Å². The molecule has 0 unspecified atom stereocenters. The van der Waals surface area contributed by atoms with Gasteiger partial charge in [-0.25, -0.2) is 14.8 Å². The summed E-state index contributed by atoms with van der Waals surface area (Å²) in [5.74, 6) is -0.516. The van der Waals surface area contributed by atoms with E-state index in [4.69, 9.17) is 5.11 Å². The van der Waals surface area contributed by atoms with Crippen LogP contribution in [0.5, 0.6) is 0 Å². The zero-order chi connectivity index (χ0) is 20.1. The van der Waals surface area contributed by atoms with Gasteiger partial charge >= 0.3 is 12.1 Å². The Hall–Kier alpha value is -3.16. The van der Waals surface area contributed by atoms with Gasteiger partial charge in [0.15, 0.2) is 0 Å². The smallest absolute Gasteiger partial charge is 0.416 e. The summed E-state index contributed by atoms with van der Waals surface area (Å²) < 4.78 is 38.4. The molecule has 0 saturated carbocycles. The van der Waals surface area contributed by atoms with Gasteiger partial charge in [0.1, 0.15) is 0 Å². The molecule has 0 radical (unpaired) electrons. The van der Waals surface area contributed by atoms with Crippen molar-refractivity contribution in [2.75, 3.05) is 18.0 Å². The van der Waals surface area contributed by atoms with E-state index in [1.54, 1.807) is 12.4 Å². The maximum absolute atomic E-state index is 12.8. The van der Waals surface area contributed by atoms with Gasteiger partial charge in [-0.2, -0.15) is 13.2 Å². The summed E-state index contributed by atoms with van der Waals surface area (Å²) in [6, 6.07) is 4.67. The van der Waals surface area contributed by atoms with Crippen LogP contribution in [0.15, 0.2) is 54.9 Å². The van der Waals surface area contributed by atoms with Gasteiger partial charge in [0, 0.05) is 37.1 Å². The van der Waals surface area contributed by atoms with Crippen molar-refractivity contribution in [3.63, 3.8) is 0 Å². The fourth-order valence-electron chi connectivity index (χ4n) is 2.97. The van der Waals surface area contributed by atoms with E-state index in [2.05, 4.69) is 14.9 Å². The van der Waals surface area contributed by atoms with Gasteiger partial charge in [-0.3, -0.25) is 0 Å². The Kier molecular flexibility index (Phi) is 5.77. The molecule has 3 rings (SSSR count). The molecule has 0 spiro atoms. The monoisotopic (exact) mass is 389 g/mol. The Balaban J connectivity index is 1.94. The first-order valence-electron chi connectivity index (χ1n) is 8.71. The topological polar surface area (TPSA) is 66.3 Å². The number of anilines is 1. The van der Waals surface area contributed by atoms with Crippen LogP contribution in [0.1, 0.15) is 29.5 Å². The predicted molar refractivity (Wildman–Crippen MR) is 98.8 cm³/mol. The van der Waals surface area contributed by atoms with E-state index in [9.17, 15) is 18.0 Å². The largest absolute Gasteiger partial charge is 0.478 e. The van der Waals surface area contributed by atoms with Crippen molar-refractivity contribution in [3.05, 3.63) is 71.6 Å². The molecule has 2 heterocycles. The van der Waals surface area contributed by atoms with Crippen LogP contribution in [0.25, 0.3) is 5.57 Å². The molecular weight excluding hydrogens is 371 g/mol. The Bertz CT molecular complexity index is 882. The molecule has 2 aromatic rings. The van der Waals surface area contributed by atoms with E-state index in [0.29, 0.717) is 22.6 Å². The standard InChI is InChI=1S/C20H18F3N3O2/c21-20(22,23)16-8-6-14(7-9-16)17(4-3-5-18(27)28)15-12-24-19(25-13-15)26-10-1-2-11-26/h3-9,12-13H,1-2,10-11H2,(H,27,28). The first kappa shape index (κ1) is 19.6. The number of aliphatic carboxylic acids is 1. The molecule has 1 aromatic heterocycles. The molecule has 1 fully saturated rings. The van der Waals surface area contributed by atoms with Crippen LogP contribution in [0.2, 0.25) is 0 Å². The quantitative estimate of drug-likeness (QED) is 0.614. The van der Waals surface area contributed by atoms with E-state index in [1.165, 1.54) is 24.3 Å². The molecule has 0 bridgehead atoms. The second-order valence-corrected chi connectivity index (χ2v) is 6.32. The minimum Gasteiger partial charge on any atom is -0.478 e. The highest BCUT2D eigenvalue weighted by molar-refractivity contribution is 5.83. The van der Waals surface area contributed by atoms with Gasteiger partial charge in [-0.05, 0) is 36.1 Å². The molecule has 0 atom stereocenters. The molecule has 0 amide bonds. The van der Waals surface area contributed by atoms with Crippen molar-refractivity contribution in [3.8, 4) is 0 Å². The molecule has 146 valence electrons. The second-order valence-electron chi connectivity index (χ2n) is 6.32. The van der Waals surface area contributed by atoms with Crippen LogP contribution in [0, 0.1) is 0 Å². The van der Waals surface area contributed by atoms with Gasteiger partial charge in [0.2, 0.25) is 5.95 Å². The van der Waals surface area contributed by atoms with Crippen molar-refractivity contribution in [1.82, 2.24) is 9.97 Å². The van der Waals surface area contributed by atoms with Crippen LogP contribution in [-0.2, 0) is 11.0 Å². The summed E-state index contributed by atoms with van der Waals surface area (Å²) in [5, 5.41) is 8.78. The maximum Gasteiger partial charge on any atom is 0.416 e. The Morgan fingerprint density at radius 2 is 1.64 bits per heavy atom. The van der Waals surface area contributed by atoms with Crippen LogP contribution >= 0.6 is 0 Å². The highest BCUT2D eigenvalue weighted by atomic mass is 19.4. The molecule has 5 nitrogen and oxygen atoms in total. The first-order valence-corrected chi connectivity index (χ1v) is 8.71. The number of nitrogens with zero attached hydrogens (tertiary/aromatic N) is 3. The van der Waals surface area contributed by atoms with Crippen LogP contribution < -0.4 is 4.90 Å². The second kappa shape index (κ2) is 8.24. The van der Waals surface area contributed by atoms with Crippen LogP contribution in [0.3, 0.4) is 0 Å². The van der Waals surface area contributed by atoms with Crippen LogP contribution in [-0.4, -0.2) is 34.1 Å². The van der Waals surface area contributed by atoms with E-state index in [-0.39, 0.29) is 0 Å². The van der Waals surface area contributed by atoms with E-state index < -0.39 is 17.7 Å². The number of carboxylic acid groups (broad SMARTS) is 1. The van der Waals surface area contributed by atoms with Gasteiger partial charge in [0.05, 0.1) is 5.56 Å². The number of hydrogen-bond donors (Lipinski definition) is 1. The predicted octanol–water partition coefficient (Wildman–Crippen LogP) is 4.17. The number of carbonyl (C=O) groups is 1. The number of halogens is 3. The van der Waals surface area contributed by atoms with Gasteiger partial charge < -0.3 is 10.0 Å². The lowest BCUT2D eigenvalue weighted by molar-refractivity contribution is -0.137. The average Bonchev–Trinajstić information content (AvgIpc) is 3.19. The third-order valence-electron chi connectivity index (χ3n) is 4.36. The number of alkyl halides is 3. The number of aromatic nitrogens is 2. The fraction of sp³-hybridized carbons (Fsp3) is 0.250. The number of benzene rings is 1. The molecule has 1 N–H and O–H groups in total. The maximum atomic E-state index is 12.8. The third-order valence-corrected chi connectivity index (χ3v) is 4.36. The number of rotatable bonds is 5. The van der Waals surface area contributed by atoms with E-state index in [1.807, 2.05) is 0 Å². The zero-order valence-corrected chi connectivity index (χ0v) is 14.9. The van der Waals surface area contributed by atoms with E-state index >= 15 is 0 Å². The normalized spacial score (nSPS) is 15.4. The molecule has 8 heteroatoms. The Labute approximate surface area is 159 Å². The number of allylic oxidation sites excluding steroid dienone is 2. The summed E-state index contributed by atoms with van der Waals surface area (Å²) in [7, 11) is 0. The molecule has 0 aliphatic carbocycles. The summed E-state index contributed by atoms with van der Waals surface area (Å²) in [6.45, 7) is 1.78. The fourth-order valence-corrected chi connectivity index (χ4v) is 2.97. The summed E-state index contributed by atoms with van der Waals surface area (Å²) in [6.07, 6.45) is 4.73. The Morgan fingerprint density at radius 1 is 1.04 bits per heavy atom. The highest BCUT2D eigenvalue weighted by Crippen LogP contribution is 2.31. The van der Waals surface area contributed by atoms with Gasteiger partial charge in [-0.1, -0.05) is 24.3 Å². The molecule has 1 aromatic carbocycles. The van der Waals surface area contributed by atoms with Crippen LogP contribution in [0.4, 0.5) is 19.1 Å². The van der Waals surface area contributed by atoms with Gasteiger partial charge in [-0.15, -0.1) is 0 Å². The SMILES string of the molecule is O=C(O)C=CC=C(c1ccc(C(F)(F)F)cc1)c1cnc(N2CCCC2)nc1. The minimum absolute atomic E-state index is 0.501. The zero-order valence-electron chi connectivity index (χ0n) is 14.9. The van der Waals surface area contributed by atoms with Crippen molar-refractivity contribution in [2.45, 2.75) is 19.0 Å². The lowest BCUT2D eigenvalue weighted by Gasteiger charge is -2.15. The van der Waals surface area contributed by atoms with Crippen molar-refractivity contribution < 1.29 is 23.1 Å². The first-order chi connectivity index (χ1) is 13.3. The highest BCUT2D eigenvalue weighted by Gasteiger charge is 2.30. The number of hydrogen-bond acceptors (Lipinski definition) is 4. The third kappa shape index (κ3) is 4.76. The minimum atomic E-state index is -4.42. The summed E-state index contributed by atoms with van der Waals surface area (Å²) >= 11 is 0. The average molecular weight is 389 g/mol. The molecule has 1 saturated heterocycles. The van der Waals surface area contributed by atoms with Crippen molar-refractivity contribution in [2.24, 2.45) is 0 Å². The lowest BCUT2D eigenvalue weighted by Crippen LogP contribution is -2.20. The van der Waals surface area contributed by atoms with Crippen molar-refractivity contribution >= 4 is 17.5 Å². The lowest BCUT2D eigenvalue weighted by atomic mass is 9.98. The number of carboxylic acids is 1. The van der Waals surface area contributed by atoms with Gasteiger partial charge in [0.25, 0.3) is 0 Å². The molecular formula is C20H18F3N3O2.